The fourth-order valence-corrected chi connectivity index (χ4v) is 2.61. The van der Waals surface area contributed by atoms with Crippen LogP contribution in [-0.2, 0) is 0 Å². The van der Waals surface area contributed by atoms with Crippen molar-refractivity contribution in [1.82, 2.24) is 10.3 Å². The molecule has 0 fully saturated rings. The van der Waals surface area contributed by atoms with Crippen LogP contribution >= 0.6 is 11.6 Å². The Balaban J connectivity index is 2.09. The van der Waals surface area contributed by atoms with Crippen molar-refractivity contribution in [2.24, 2.45) is 0 Å². The van der Waals surface area contributed by atoms with E-state index in [1.165, 1.54) is 0 Å². The lowest BCUT2D eigenvalue weighted by Gasteiger charge is -2.16. The van der Waals surface area contributed by atoms with Crippen molar-refractivity contribution in [1.29, 1.82) is 0 Å². The molecule has 2 heterocycles. The number of nitrogens with one attached hydrogen (secondary N) is 1. The molecule has 0 spiro atoms. The molecule has 1 unspecified atom stereocenters. The molecule has 21 heavy (non-hydrogen) atoms. The summed E-state index contributed by atoms with van der Waals surface area (Å²) in [7, 11) is 3.51. The highest BCUT2D eigenvalue weighted by atomic mass is 35.5. The zero-order chi connectivity index (χ0) is 14.8. The van der Waals surface area contributed by atoms with Gasteiger partial charge in [0.2, 0.25) is 0 Å². The van der Waals surface area contributed by atoms with Crippen molar-refractivity contribution >= 4 is 22.6 Å². The number of furan rings is 1. The quantitative estimate of drug-likeness (QED) is 0.796. The lowest BCUT2D eigenvalue weighted by molar-refractivity contribution is 0.397. The highest BCUT2D eigenvalue weighted by Gasteiger charge is 2.20. The Morgan fingerprint density at radius 3 is 2.90 bits per heavy atom. The molecule has 3 aromatic rings. The Hall–Kier alpha value is -2.04. The van der Waals surface area contributed by atoms with Gasteiger partial charge in [-0.15, -0.1) is 0 Å². The van der Waals surface area contributed by atoms with Gasteiger partial charge in [-0.2, -0.15) is 0 Å². The maximum Gasteiger partial charge on any atom is 0.142 e. The van der Waals surface area contributed by atoms with E-state index in [-0.39, 0.29) is 6.04 Å². The topological polar surface area (TPSA) is 47.3 Å². The van der Waals surface area contributed by atoms with Gasteiger partial charge in [-0.25, -0.2) is 0 Å². The SMILES string of the molecule is CNC(c1cc2cc(Cl)ccc2o1)c1ccncc1OC. The summed E-state index contributed by atoms with van der Waals surface area (Å²) in [5.41, 5.74) is 1.78. The zero-order valence-corrected chi connectivity index (χ0v) is 12.5. The molecule has 0 aliphatic carbocycles. The first-order valence-electron chi connectivity index (χ1n) is 6.57. The second-order valence-corrected chi connectivity index (χ2v) is 5.11. The first-order chi connectivity index (χ1) is 10.2. The number of hydrogen-bond acceptors (Lipinski definition) is 4. The molecule has 0 aliphatic rings. The van der Waals surface area contributed by atoms with Gasteiger partial charge in [-0.05, 0) is 37.4 Å². The van der Waals surface area contributed by atoms with Gasteiger partial charge < -0.3 is 14.5 Å². The molecule has 0 saturated carbocycles. The fourth-order valence-electron chi connectivity index (χ4n) is 2.43. The summed E-state index contributed by atoms with van der Waals surface area (Å²) in [6, 6.07) is 9.37. The zero-order valence-electron chi connectivity index (χ0n) is 11.8. The van der Waals surface area contributed by atoms with E-state index in [2.05, 4.69) is 10.3 Å². The van der Waals surface area contributed by atoms with Gasteiger partial charge in [0.1, 0.15) is 17.1 Å². The maximum atomic E-state index is 6.02. The Kier molecular flexibility index (Phi) is 3.82. The van der Waals surface area contributed by atoms with Crippen molar-refractivity contribution in [2.75, 3.05) is 14.2 Å². The third kappa shape index (κ3) is 2.60. The van der Waals surface area contributed by atoms with Crippen molar-refractivity contribution in [2.45, 2.75) is 6.04 Å². The van der Waals surface area contributed by atoms with E-state index in [1.54, 1.807) is 19.5 Å². The van der Waals surface area contributed by atoms with E-state index in [0.717, 1.165) is 28.0 Å². The minimum absolute atomic E-state index is 0.117. The van der Waals surface area contributed by atoms with E-state index in [9.17, 15) is 0 Å². The van der Waals surface area contributed by atoms with Crippen molar-refractivity contribution in [3.05, 3.63) is 59.1 Å². The molecule has 0 amide bonds. The molecule has 0 radical (unpaired) electrons. The third-order valence-electron chi connectivity index (χ3n) is 3.42. The Bertz CT molecular complexity index is 770. The number of pyridine rings is 1. The van der Waals surface area contributed by atoms with Crippen molar-refractivity contribution < 1.29 is 9.15 Å². The number of fused-ring (bicyclic) bond motifs is 1. The number of benzene rings is 1. The normalized spacial score (nSPS) is 12.5. The third-order valence-corrected chi connectivity index (χ3v) is 3.65. The monoisotopic (exact) mass is 302 g/mol. The molecule has 1 aromatic carbocycles. The summed E-state index contributed by atoms with van der Waals surface area (Å²) >= 11 is 6.02. The second-order valence-electron chi connectivity index (χ2n) is 4.67. The highest BCUT2D eigenvalue weighted by molar-refractivity contribution is 6.31. The first-order valence-corrected chi connectivity index (χ1v) is 6.95. The van der Waals surface area contributed by atoms with E-state index < -0.39 is 0 Å². The van der Waals surface area contributed by atoms with Crippen LogP contribution in [0.4, 0.5) is 0 Å². The van der Waals surface area contributed by atoms with Gasteiger partial charge in [-0.3, -0.25) is 4.98 Å². The number of halogens is 1. The van der Waals surface area contributed by atoms with Gasteiger partial charge in [0.05, 0.1) is 19.3 Å². The fraction of sp³-hybridized carbons (Fsp3) is 0.188. The van der Waals surface area contributed by atoms with Crippen LogP contribution in [0.5, 0.6) is 5.75 Å². The maximum absolute atomic E-state index is 6.02. The number of nitrogens with zero attached hydrogens (tertiary/aromatic N) is 1. The number of rotatable bonds is 4. The molecule has 0 aliphatic heterocycles. The van der Waals surface area contributed by atoms with E-state index in [1.807, 2.05) is 37.4 Å². The van der Waals surface area contributed by atoms with Gasteiger partial charge >= 0.3 is 0 Å². The Labute approximate surface area is 127 Å². The number of aromatic nitrogens is 1. The first kappa shape index (κ1) is 13.9. The molecule has 1 N–H and O–H groups in total. The summed E-state index contributed by atoms with van der Waals surface area (Å²) in [4.78, 5) is 4.08. The van der Waals surface area contributed by atoms with Crippen LogP contribution in [0.3, 0.4) is 0 Å². The summed E-state index contributed by atoms with van der Waals surface area (Å²) in [6.45, 7) is 0. The van der Waals surface area contributed by atoms with Gasteiger partial charge in [-0.1, -0.05) is 11.6 Å². The van der Waals surface area contributed by atoms with Crippen LogP contribution in [-0.4, -0.2) is 19.1 Å². The molecule has 2 aromatic heterocycles. The summed E-state index contributed by atoms with van der Waals surface area (Å²) in [6.07, 6.45) is 3.43. The molecule has 1 atom stereocenters. The Morgan fingerprint density at radius 1 is 1.29 bits per heavy atom. The minimum Gasteiger partial charge on any atom is -0.495 e. The standard InChI is InChI=1S/C16H15ClN2O2/c1-18-16(12-5-6-19-9-15(12)20-2)14-8-10-7-11(17)3-4-13(10)21-14/h3-9,16,18H,1-2H3. The molecular weight excluding hydrogens is 288 g/mol. The number of ether oxygens (including phenoxy) is 1. The van der Waals surface area contributed by atoms with Gasteiger partial charge in [0.15, 0.2) is 0 Å². The van der Waals surface area contributed by atoms with E-state index >= 15 is 0 Å². The molecule has 3 rings (SSSR count). The molecule has 0 saturated heterocycles. The molecule has 108 valence electrons. The predicted molar refractivity (Wildman–Crippen MR) is 82.9 cm³/mol. The lowest BCUT2D eigenvalue weighted by Crippen LogP contribution is -2.17. The van der Waals surface area contributed by atoms with Gasteiger partial charge in [0.25, 0.3) is 0 Å². The van der Waals surface area contributed by atoms with Crippen molar-refractivity contribution in [3.63, 3.8) is 0 Å². The van der Waals surface area contributed by atoms with Crippen LogP contribution in [0, 0.1) is 0 Å². The van der Waals surface area contributed by atoms with Crippen LogP contribution < -0.4 is 10.1 Å². The molecule has 4 nitrogen and oxygen atoms in total. The molecule has 0 bridgehead atoms. The minimum atomic E-state index is -0.117. The summed E-state index contributed by atoms with van der Waals surface area (Å²) in [5, 5.41) is 4.92. The summed E-state index contributed by atoms with van der Waals surface area (Å²) < 4.78 is 11.3. The van der Waals surface area contributed by atoms with E-state index in [4.69, 9.17) is 20.8 Å². The van der Waals surface area contributed by atoms with Crippen LogP contribution in [0.25, 0.3) is 11.0 Å². The van der Waals surface area contributed by atoms with Gasteiger partial charge in [0, 0.05) is 22.2 Å². The molecular formula is C16H15ClN2O2. The molecule has 5 heteroatoms. The number of methoxy groups -OCH3 is 1. The second kappa shape index (κ2) is 5.76. The lowest BCUT2D eigenvalue weighted by atomic mass is 10.0. The van der Waals surface area contributed by atoms with Crippen molar-refractivity contribution in [3.8, 4) is 5.75 Å². The largest absolute Gasteiger partial charge is 0.495 e. The average Bonchev–Trinajstić information content (AvgIpc) is 2.91. The smallest absolute Gasteiger partial charge is 0.142 e. The van der Waals surface area contributed by atoms with Crippen LogP contribution in [0.15, 0.2) is 47.1 Å². The summed E-state index contributed by atoms with van der Waals surface area (Å²) in [5.74, 6) is 1.52. The Morgan fingerprint density at radius 2 is 2.14 bits per heavy atom. The number of hydrogen-bond donors (Lipinski definition) is 1. The van der Waals surface area contributed by atoms with E-state index in [0.29, 0.717) is 5.02 Å². The highest BCUT2D eigenvalue weighted by Crippen LogP contribution is 2.33. The average molecular weight is 303 g/mol. The van der Waals surface area contributed by atoms with Crippen LogP contribution in [0.1, 0.15) is 17.4 Å². The predicted octanol–water partition coefficient (Wildman–Crippen LogP) is 3.80. The van der Waals surface area contributed by atoms with Crippen LogP contribution in [0.2, 0.25) is 5.02 Å².